The van der Waals surface area contributed by atoms with Crippen molar-refractivity contribution in [3.63, 3.8) is 0 Å². The Kier molecular flexibility index (Phi) is 3.86. The summed E-state index contributed by atoms with van der Waals surface area (Å²) in [6, 6.07) is 1.87. The molecular formula is C14H19NO3S. The number of carbonyl (C=O) groups is 1. The largest absolute Gasteiger partial charge is 0.394 e. The molecule has 1 N–H and O–H groups in total. The zero-order valence-corrected chi connectivity index (χ0v) is 11.7. The number of carbonyl (C=O) groups excluding carboxylic acids is 1. The van der Waals surface area contributed by atoms with E-state index in [0.717, 1.165) is 17.7 Å². The first-order chi connectivity index (χ1) is 9.29. The van der Waals surface area contributed by atoms with Crippen LogP contribution in [0.4, 0.5) is 0 Å². The zero-order chi connectivity index (χ0) is 13.2. The van der Waals surface area contributed by atoms with Gasteiger partial charge in [-0.25, -0.2) is 0 Å². The molecule has 1 amide bonds. The van der Waals surface area contributed by atoms with Gasteiger partial charge < -0.3 is 14.7 Å². The number of ether oxygens (including phenoxy) is 1. The molecule has 3 rings (SSSR count). The lowest BCUT2D eigenvalue weighted by molar-refractivity contribution is -0.0181. The summed E-state index contributed by atoms with van der Waals surface area (Å²) in [4.78, 5) is 16.5. The van der Waals surface area contributed by atoms with Crippen molar-refractivity contribution in [2.75, 3.05) is 26.4 Å². The third-order valence-electron chi connectivity index (χ3n) is 3.91. The van der Waals surface area contributed by atoms with Crippen molar-refractivity contribution >= 4 is 17.2 Å². The van der Waals surface area contributed by atoms with Crippen LogP contribution >= 0.6 is 11.3 Å². The molecule has 1 aromatic rings. The van der Waals surface area contributed by atoms with Gasteiger partial charge in [0.05, 0.1) is 30.7 Å². The maximum absolute atomic E-state index is 12.6. The number of hydrogen-bond acceptors (Lipinski definition) is 4. The summed E-state index contributed by atoms with van der Waals surface area (Å²) in [6.07, 6.45) is 4.68. The average molecular weight is 281 g/mol. The number of aliphatic hydroxyl groups is 1. The lowest BCUT2D eigenvalue weighted by Gasteiger charge is -2.34. The molecule has 0 saturated carbocycles. The van der Waals surface area contributed by atoms with Crippen molar-refractivity contribution in [3.8, 4) is 0 Å². The molecule has 1 saturated heterocycles. The first kappa shape index (κ1) is 13.1. The molecule has 1 aliphatic heterocycles. The molecule has 1 fully saturated rings. The highest BCUT2D eigenvalue weighted by Crippen LogP contribution is 2.30. The Hall–Kier alpha value is -0.910. The quantitative estimate of drug-likeness (QED) is 0.893. The van der Waals surface area contributed by atoms with E-state index in [1.807, 2.05) is 0 Å². The minimum atomic E-state index is -0.194. The highest BCUT2D eigenvalue weighted by atomic mass is 32.1. The molecule has 2 aliphatic rings. The summed E-state index contributed by atoms with van der Waals surface area (Å²) in [6.45, 7) is 1.55. The highest BCUT2D eigenvalue weighted by Gasteiger charge is 2.29. The van der Waals surface area contributed by atoms with Crippen LogP contribution < -0.4 is 0 Å². The first-order valence-corrected chi connectivity index (χ1v) is 7.72. The Morgan fingerprint density at radius 3 is 3.11 bits per heavy atom. The van der Waals surface area contributed by atoms with Gasteiger partial charge in [-0.1, -0.05) is 0 Å². The van der Waals surface area contributed by atoms with Crippen LogP contribution in [0.25, 0.3) is 0 Å². The Morgan fingerprint density at radius 1 is 1.47 bits per heavy atom. The summed E-state index contributed by atoms with van der Waals surface area (Å²) >= 11 is 1.64. The van der Waals surface area contributed by atoms with Crippen molar-refractivity contribution in [3.05, 3.63) is 21.4 Å². The molecule has 1 aliphatic carbocycles. The molecular weight excluding hydrogens is 262 g/mol. The van der Waals surface area contributed by atoms with E-state index >= 15 is 0 Å². The fraction of sp³-hybridized carbons (Fsp3) is 0.643. The summed E-state index contributed by atoms with van der Waals surface area (Å²) in [5.41, 5.74) is 1.36. The Balaban J connectivity index is 1.80. The molecule has 2 heterocycles. The maximum atomic E-state index is 12.6. The zero-order valence-electron chi connectivity index (χ0n) is 10.9. The molecule has 19 heavy (non-hydrogen) atoms. The van der Waals surface area contributed by atoms with Gasteiger partial charge in [-0.15, -0.1) is 11.3 Å². The van der Waals surface area contributed by atoms with Gasteiger partial charge in [0.15, 0.2) is 0 Å². The number of nitrogens with zero attached hydrogens (tertiary/aromatic N) is 1. The second kappa shape index (κ2) is 5.61. The SMILES string of the molecule is O=C(c1cc2c(s1)CCCC2)N1CCOCC1CO. The Labute approximate surface area is 117 Å². The highest BCUT2D eigenvalue weighted by molar-refractivity contribution is 7.14. The van der Waals surface area contributed by atoms with E-state index in [1.165, 1.54) is 23.3 Å². The molecule has 1 aromatic heterocycles. The minimum Gasteiger partial charge on any atom is -0.394 e. The van der Waals surface area contributed by atoms with Gasteiger partial charge in [-0.3, -0.25) is 4.79 Å². The van der Waals surface area contributed by atoms with Crippen LogP contribution in [0, 0.1) is 0 Å². The third-order valence-corrected chi connectivity index (χ3v) is 5.13. The smallest absolute Gasteiger partial charge is 0.264 e. The second-order valence-corrected chi connectivity index (χ2v) is 6.31. The summed E-state index contributed by atoms with van der Waals surface area (Å²) in [7, 11) is 0. The van der Waals surface area contributed by atoms with Crippen molar-refractivity contribution in [2.45, 2.75) is 31.7 Å². The van der Waals surface area contributed by atoms with E-state index in [-0.39, 0.29) is 18.6 Å². The maximum Gasteiger partial charge on any atom is 0.264 e. The van der Waals surface area contributed by atoms with Gasteiger partial charge in [0.1, 0.15) is 0 Å². The molecule has 0 spiro atoms. The third kappa shape index (κ3) is 2.55. The first-order valence-electron chi connectivity index (χ1n) is 6.90. The molecule has 0 aromatic carbocycles. The number of aryl methyl sites for hydroxylation is 2. The second-order valence-electron chi connectivity index (χ2n) is 5.18. The predicted molar refractivity (Wildman–Crippen MR) is 73.7 cm³/mol. The van der Waals surface area contributed by atoms with Gasteiger partial charge in [-0.2, -0.15) is 0 Å². The lowest BCUT2D eigenvalue weighted by Crippen LogP contribution is -2.50. The number of morpholine rings is 1. The standard InChI is InChI=1S/C14H19NO3S/c16-8-11-9-18-6-5-15(11)14(17)13-7-10-3-1-2-4-12(10)19-13/h7,11,16H,1-6,8-9H2. The molecule has 0 bridgehead atoms. The monoisotopic (exact) mass is 281 g/mol. The number of thiophene rings is 1. The lowest BCUT2D eigenvalue weighted by atomic mass is 9.99. The van der Waals surface area contributed by atoms with Crippen molar-refractivity contribution in [1.29, 1.82) is 0 Å². The summed E-state index contributed by atoms with van der Waals surface area (Å²) in [5, 5.41) is 9.35. The molecule has 1 unspecified atom stereocenters. The minimum absolute atomic E-state index is 0.0309. The number of hydrogen-bond donors (Lipinski definition) is 1. The fourth-order valence-electron chi connectivity index (χ4n) is 2.81. The average Bonchev–Trinajstić information content (AvgIpc) is 2.90. The number of amides is 1. The molecule has 5 heteroatoms. The van der Waals surface area contributed by atoms with Gasteiger partial charge in [0, 0.05) is 11.4 Å². The molecule has 1 atom stereocenters. The Morgan fingerprint density at radius 2 is 2.32 bits per heavy atom. The van der Waals surface area contributed by atoms with Gasteiger partial charge >= 0.3 is 0 Å². The van der Waals surface area contributed by atoms with Crippen LogP contribution in [0.3, 0.4) is 0 Å². The molecule has 4 nitrogen and oxygen atoms in total. The van der Waals surface area contributed by atoms with E-state index < -0.39 is 0 Å². The fourth-order valence-corrected chi connectivity index (χ4v) is 4.02. The number of fused-ring (bicyclic) bond motifs is 1. The number of rotatable bonds is 2. The molecule has 0 radical (unpaired) electrons. The Bertz CT molecular complexity index is 448. The van der Waals surface area contributed by atoms with E-state index in [0.29, 0.717) is 19.8 Å². The number of aliphatic hydroxyl groups excluding tert-OH is 1. The van der Waals surface area contributed by atoms with E-state index in [9.17, 15) is 9.90 Å². The molecule has 104 valence electrons. The van der Waals surface area contributed by atoms with Crippen LogP contribution in [-0.2, 0) is 17.6 Å². The normalized spacial score (nSPS) is 23.2. The van der Waals surface area contributed by atoms with Crippen LogP contribution in [0.1, 0.15) is 33.0 Å². The summed E-state index contributed by atoms with van der Waals surface area (Å²) < 4.78 is 5.32. The van der Waals surface area contributed by atoms with Crippen LogP contribution in [0.5, 0.6) is 0 Å². The van der Waals surface area contributed by atoms with E-state index in [4.69, 9.17) is 4.74 Å². The van der Waals surface area contributed by atoms with E-state index in [2.05, 4.69) is 6.07 Å². The summed E-state index contributed by atoms with van der Waals surface area (Å²) in [5.74, 6) is 0.0572. The van der Waals surface area contributed by atoms with Crippen LogP contribution in [0.15, 0.2) is 6.07 Å². The van der Waals surface area contributed by atoms with Crippen molar-refractivity contribution in [2.24, 2.45) is 0 Å². The topological polar surface area (TPSA) is 49.8 Å². The van der Waals surface area contributed by atoms with Gasteiger partial charge in [-0.05, 0) is 37.3 Å². The van der Waals surface area contributed by atoms with Gasteiger partial charge in [0.25, 0.3) is 5.91 Å². The van der Waals surface area contributed by atoms with E-state index in [1.54, 1.807) is 16.2 Å². The van der Waals surface area contributed by atoms with Crippen molar-refractivity contribution < 1.29 is 14.6 Å². The van der Waals surface area contributed by atoms with Gasteiger partial charge in [0.2, 0.25) is 0 Å². The predicted octanol–water partition coefficient (Wildman–Crippen LogP) is 1.46. The van der Waals surface area contributed by atoms with Crippen molar-refractivity contribution in [1.82, 2.24) is 4.90 Å². The van der Waals surface area contributed by atoms with Crippen LogP contribution in [-0.4, -0.2) is 48.3 Å². The van der Waals surface area contributed by atoms with Crippen LogP contribution in [0.2, 0.25) is 0 Å².